The first kappa shape index (κ1) is 13.1. The minimum atomic E-state index is -0.309. The summed E-state index contributed by atoms with van der Waals surface area (Å²) >= 11 is 1.75. The minimum absolute atomic E-state index is 0.159. The van der Waals surface area contributed by atoms with Gasteiger partial charge in [0.05, 0.1) is 6.20 Å². The number of halogens is 1. The Hall–Kier alpha value is -1.30. The summed E-state index contributed by atoms with van der Waals surface area (Å²) in [6, 6.07) is 5.67. The lowest BCUT2D eigenvalue weighted by molar-refractivity contribution is 0.471. The Labute approximate surface area is 110 Å². The third-order valence-corrected chi connectivity index (χ3v) is 3.81. The molecule has 0 aliphatic rings. The normalized spacial score (nSPS) is 12.6. The van der Waals surface area contributed by atoms with Crippen LogP contribution < -0.4 is 11.3 Å². The molecule has 0 aliphatic carbocycles. The molecule has 1 unspecified atom stereocenters. The van der Waals surface area contributed by atoms with Gasteiger partial charge in [-0.3, -0.25) is 16.3 Å². The van der Waals surface area contributed by atoms with Crippen molar-refractivity contribution in [1.82, 2.24) is 10.4 Å². The summed E-state index contributed by atoms with van der Waals surface area (Å²) in [6.45, 7) is 0. The molecule has 0 amide bonds. The molecule has 96 valence electrons. The van der Waals surface area contributed by atoms with Gasteiger partial charge >= 0.3 is 0 Å². The van der Waals surface area contributed by atoms with Crippen LogP contribution in [-0.2, 0) is 6.42 Å². The Bertz CT molecular complexity index is 473. The van der Waals surface area contributed by atoms with Crippen LogP contribution >= 0.6 is 11.3 Å². The van der Waals surface area contributed by atoms with Gasteiger partial charge in [0.25, 0.3) is 0 Å². The van der Waals surface area contributed by atoms with Crippen LogP contribution in [0.3, 0.4) is 0 Å². The molecule has 2 aromatic heterocycles. The Morgan fingerprint density at radius 1 is 1.44 bits per heavy atom. The average Bonchev–Trinajstić information content (AvgIpc) is 2.89. The number of thiophene rings is 1. The van der Waals surface area contributed by atoms with Gasteiger partial charge in [-0.2, -0.15) is 0 Å². The van der Waals surface area contributed by atoms with Crippen molar-refractivity contribution in [2.24, 2.45) is 5.84 Å². The first-order chi connectivity index (χ1) is 8.81. The molecule has 0 saturated carbocycles. The van der Waals surface area contributed by atoms with E-state index in [2.05, 4.69) is 21.9 Å². The summed E-state index contributed by atoms with van der Waals surface area (Å²) in [6.07, 6.45) is 5.58. The molecule has 0 radical (unpaired) electrons. The van der Waals surface area contributed by atoms with Gasteiger partial charge < -0.3 is 0 Å². The van der Waals surface area contributed by atoms with Crippen molar-refractivity contribution in [3.05, 3.63) is 52.2 Å². The van der Waals surface area contributed by atoms with Gasteiger partial charge in [-0.05, 0) is 36.8 Å². The standard InChI is InChI=1S/C13H16FN3S/c14-12-9-16-7-6-11(12)13(17-15)5-1-3-10-4-2-8-18-10/h2,4,6-9,13,17H,1,3,5,15H2. The van der Waals surface area contributed by atoms with Crippen molar-refractivity contribution in [2.45, 2.75) is 25.3 Å². The first-order valence-electron chi connectivity index (χ1n) is 5.89. The summed E-state index contributed by atoms with van der Waals surface area (Å²) in [5, 5.41) is 2.07. The second-order valence-electron chi connectivity index (χ2n) is 4.09. The van der Waals surface area contributed by atoms with E-state index in [1.807, 2.05) is 6.07 Å². The van der Waals surface area contributed by atoms with E-state index in [1.165, 1.54) is 11.1 Å². The van der Waals surface area contributed by atoms with E-state index in [9.17, 15) is 4.39 Å². The molecular weight excluding hydrogens is 249 g/mol. The Kier molecular flexibility index (Phi) is 4.81. The molecule has 5 heteroatoms. The van der Waals surface area contributed by atoms with Gasteiger partial charge in [0.15, 0.2) is 0 Å². The number of nitrogens with two attached hydrogens (primary N) is 1. The van der Waals surface area contributed by atoms with Crippen LogP contribution in [0.1, 0.15) is 29.3 Å². The number of aromatic nitrogens is 1. The predicted octanol–water partition coefficient (Wildman–Crippen LogP) is 2.81. The molecule has 0 spiro atoms. The van der Waals surface area contributed by atoms with Gasteiger partial charge in [0, 0.05) is 22.7 Å². The fourth-order valence-corrected chi connectivity index (χ4v) is 2.68. The number of pyridine rings is 1. The molecule has 2 aromatic rings. The fourth-order valence-electron chi connectivity index (χ4n) is 1.93. The van der Waals surface area contributed by atoms with E-state index in [0.717, 1.165) is 19.3 Å². The van der Waals surface area contributed by atoms with Crippen molar-refractivity contribution < 1.29 is 4.39 Å². The zero-order valence-corrected chi connectivity index (χ0v) is 10.8. The topological polar surface area (TPSA) is 50.9 Å². The lowest BCUT2D eigenvalue weighted by atomic mass is 10.0. The van der Waals surface area contributed by atoms with Gasteiger partial charge in [-0.1, -0.05) is 6.07 Å². The third kappa shape index (κ3) is 3.35. The smallest absolute Gasteiger partial charge is 0.146 e. The maximum absolute atomic E-state index is 13.6. The third-order valence-electron chi connectivity index (χ3n) is 2.88. The summed E-state index contributed by atoms with van der Waals surface area (Å²) < 4.78 is 13.6. The highest BCUT2D eigenvalue weighted by Crippen LogP contribution is 2.21. The van der Waals surface area contributed by atoms with Crippen LogP contribution in [-0.4, -0.2) is 4.98 Å². The van der Waals surface area contributed by atoms with Crippen molar-refractivity contribution in [2.75, 3.05) is 0 Å². The Balaban J connectivity index is 1.91. The maximum atomic E-state index is 13.6. The second-order valence-corrected chi connectivity index (χ2v) is 5.12. The average molecular weight is 265 g/mol. The van der Waals surface area contributed by atoms with Crippen LogP contribution in [0.15, 0.2) is 36.0 Å². The lowest BCUT2D eigenvalue weighted by Gasteiger charge is -2.16. The van der Waals surface area contributed by atoms with E-state index in [1.54, 1.807) is 23.6 Å². The minimum Gasteiger partial charge on any atom is -0.271 e. The Morgan fingerprint density at radius 3 is 3.00 bits per heavy atom. The van der Waals surface area contributed by atoms with Crippen LogP contribution in [0, 0.1) is 5.82 Å². The zero-order valence-electron chi connectivity index (χ0n) is 9.97. The molecule has 0 saturated heterocycles. The van der Waals surface area contributed by atoms with E-state index in [4.69, 9.17) is 5.84 Å². The maximum Gasteiger partial charge on any atom is 0.146 e. The molecule has 0 aromatic carbocycles. The predicted molar refractivity (Wildman–Crippen MR) is 71.5 cm³/mol. The van der Waals surface area contributed by atoms with Crippen LogP contribution in [0.5, 0.6) is 0 Å². The van der Waals surface area contributed by atoms with Crippen LogP contribution in [0.2, 0.25) is 0 Å². The van der Waals surface area contributed by atoms with Gasteiger partial charge in [-0.25, -0.2) is 4.39 Å². The SMILES string of the molecule is NNC(CCCc1cccs1)c1ccncc1F. The quantitative estimate of drug-likeness (QED) is 0.624. The monoisotopic (exact) mass is 265 g/mol. The van der Waals surface area contributed by atoms with E-state index in [0.29, 0.717) is 5.56 Å². The van der Waals surface area contributed by atoms with Gasteiger partial charge in [0.1, 0.15) is 5.82 Å². The van der Waals surface area contributed by atoms with Crippen molar-refractivity contribution in [3.63, 3.8) is 0 Å². The van der Waals surface area contributed by atoms with Gasteiger partial charge in [-0.15, -0.1) is 11.3 Å². The number of nitrogens with zero attached hydrogens (tertiary/aromatic N) is 1. The number of hydrogen-bond acceptors (Lipinski definition) is 4. The summed E-state index contributed by atoms with van der Waals surface area (Å²) in [5.41, 5.74) is 3.26. The van der Waals surface area contributed by atoms with Crippen molar-refractivity contribution in [1.29, 1.82) is 0 Å². The summed E-state index contributed by atoms with van der Waals surface area (Å²) in [5.74, 6) is 5.19. The molecule has 18 heavy (non-hydrogen) atoms. The van der Waals surface area contributed by atoms with E-state index < -0.39 is 0 Å². The second kappa shape index (κ2) is 6.58. The molecule has 1 atom stereocenters. The number of aryl methyl sites for hydroxylation is 1. The number of rotatable bonds is 6. The molecular formula is C13H16FN3S. The summed E-state index contributed by atoms with van der Waals surface area (Å²) in [7, 11) is 0. The molecule has 2 rings (SSSR count). The molecule has 3 nitrogen and oxygen atoms in total. The van der Waals surface area contributed by atoms with Crippen molar-refractivity contribution in [3.8, 4) is 0 Å². The van der Waals surface area contributed by atoms with E-state index in [-0.39, 0.29) is 11.9 Å². The molecule has 2 heterocycles. The largest absolute Gasteiger partial charge is 0.271 e. The number of hydrazine groups is 1. The molecule has 3 N–H and O–H groups in total. The highest BCUT2D eigenvalue weighted by Gasteiger charge is 2.13. The molecule has 0 fully saturated rings. The number of nitrogens with one attached hydrogen (secondary N) is 1. The van der Waals surface area contributed by atoms with Crippen molar-refractivity contribution >= 4 is 11.3 Å². The molecule has 0 bridgehead atoms. The number of hydrogen-bond donors (Lipinski definition) is 2. The lowest BCUT2D eigenvalue weighted by Crippen LogP contribution is -2.28. The zero-order chi connectivity index (χ0) is 12.8. The highest BCUT2D eigenvalue weighted by atomic mass is 32.1. The van der Waals surface area contributed by atoms with Crippen LogP contribution in [0.4, 0.5) is 4.39 Å². The van der Waals surface area contributed by atoms with E-state index >= 15 is 0 Å². The van der Waals surface area contributed by atoms with Crippen LogP contribution in [0.25, 0.3) is 0 Å². The Morgan fingerprint density at radius 2 is 2.33 bits per heavy atom. The molecule has 0 aliphatic heterocycles. The van der Waals surface area contributed by atoms with Gasteiger partial charge in [0.2, 0.25) is 0 Å². The summed E-state index contributed by atoms with van der Waals surface area (Å²) in [4.78, 5) is 5.09. The highest BCUT2D eigenvalue weighted by molar-refractivity contribution is 7.09. The fraction of sp³-hybridized carbons (Fsp3) is 0.308. The first-order valence-corrected chi connectivity index (χ1v) is 6.77.